The molecule has 1 aliphatic heterocycles. The van der Waals surface area contributed by atoms with Crippen LogP contribution in [-0.2, 0) is 16.1 Å². The summed E-state index contributed by atoms with van der Waals surface area (Å²) >= 11 is 0. The van der Waals surface area contributed by atoms with Gasteiger partial charge >= 0.3 is 0 Å². The van der Waals surface area contributed by atoms with Gasteiger partial charge in [-0.15, -0.1) is 0 Å². The smallest absolute Gasteiger partial charge is 0.225 e. The number of amides is 1. The molecule has 1 aliphatic rings. The minimum Gasteiger partial charge on any atom is -0.493 e. The lowest BCUT2D eigenvalue weighted by Gasteiger charge is -2.28. The lowest BCUT2D eigenvalue weighted by Crippen LogP contribution is -2.36. The first-order valence-electron chi connectivity index (χ1n) is 10.2. The molecule has 7 heteroatoms. The van der Waals surface area contributed by atoms with E-state index in [1.807, 2.05) is 49.5 Å². The van der Waals surface area contributed by atoms with Crippen LogP contribution in [0.5, 0.6) is 11.5 Å². The van der Waals surface area contributed by atoms with Crippen molar-refractivity contribution < 1.29 is 19.0 Å². The van der Waals surface area contributed by atoms with E-state index >= 15 is 0 Å². The van der Waals surface area contributed by atoms with Crippen molar-refractivity contribution in [1.82, 2.24) is 4.90 Å². The molecule has 2 aromatic carbocycles. The van der Waals surface area contributed by atoms with Gasteiger partial charge in [0.05, 0.1) is 27.4 Å². The van der Waals surface area contributed by atoms with Crippen LogP contribution < -0.4 is 19.7 Å². The summed E-state index contributed by atoms with van der Waals surface area (Å²) in [5.74, 6) is 1.44. The third-order valence-corrected chi connectivity index (χ3v) is 5.17. The van der Waals surface area contributed by atoms with Crippen LogP contribution in [0, 0.1) is 0 Å². The zero-order valence-electron chi connectivity index (χ0n) is 18.0. The fourth-order valence-electron chi connectivity index (χ4n) is 3.54. The van der Waals surface area contributed by atoms with Crippen LogP contribution in [0.15, 0.2) is 42.5 Å². The molecular weight excluding hydrogens is 382 g/mol. The molecule has 0 atom stereocenters. The molecule has 0 aromatic heterocycles. The Morgan fingerprint density at radius 3 is 2.50 bits per heavy atom. The van der Waals surface area contributed by atoms with E-state index in [1.165, 1.54) is 0 Å². The molecule has 0 aliphatic carbocycles. The standard InChI is InChI=1S/C23H31N3O4/c1-25(17-18-5-4-6-21(28-2)23(18)29-3)12-11-22(27)24-19-7-9-20(10-8-19)26-13-15-30-16-14-26/h4-10H,11-17H2,1-3H3,(H,24,27). The van der Waals surface area contributed by atoms with Gasteiger partial charge in [0.2, 0.25) is 5.91 Å². The van der Waals surface area contributed by atoms with Crippen molar-refractivity contribution in [2.45, 2.75) is 13.0 Å². The fourth-order valence-corrected chi connectivity index (χ4v) is 3.54. The number of nitrogens with zero attached hydrogens (tertiary/aromatic N) is 2. The van der Waals surface area contributed by atoms with Gasteiger partial charge < -0.3 is 29.3 Å². The molecule has 0 bridgehead atoms. The van der Waals surface area contributed by atoms with Crippen LogP contribution in [-0.4, -0.2) is 64.9 Å². The fraction of sp³-hybridized carbons (Fsp3) is 0.435. The highest BCUT2D eigenvalue weighted by Crippen LogP contribution is 2.31. The van der Waals surface area contributed by atoms with Crippen LogP contribution >= 0.6 is 0 Å². The summed E-state index contributed by atoms with van der Waals surface area (Å²) in [5, 5.41) is 2.98. The number of morpholine rings is 1. The molecule has 1 fully saturated rings. The zero-order chi connectivity index (χ0) is 21.3. The van der Waals surface area contributed by atoms with E-state index in [0.29, 0.717) is 25.3 Å². The van der Waals surface area contributed by atoms with E-state index in [9.17, 15) is 4.79 Å². The largest absolute Gasteiger partial charge is 0.493 e. The summed E-state index contributed by atoms with van der Waals surface area (Å²) in [7, 11) is 5.26. The van der Waals surface area contributed by atoms with Gasteiger partial charge in [-0.25, -0.2) is 0 Å². The highest BCUT2D eigenvalue weighted by molar-refractivity contribution is 5.91. The van der Waals surface area contributed by atoms with Gasteiger partial charge in [-0.05, 0) is 37.4 Å². The zero-order valence-corrected chi connectivity index (χ0v) is 18.0. The number of hydrogen-bond acceptors (Lipinski definition) is 6. The van der Waals surface area contributed by atoms with Gasteiger partial charge in [0.1, 0.15) is 0 Å². The molecule has 7 nitrogen and oxygen atoms in total. The second-order valence-corrected chi connectivity index (χ2v) is 7.33. The van der Waals surface area contributed by atoms with E-state index in [1.54, 1.807) is 14.2 Å². The normalized spacial score (nSPS) is 13.9. The van der Waals surface area contributed by atoms with E-state index in [-0.39, 0.29) is 5.91 Å². The molecule has 2 aromatic rings. The minimum atomic E-state index is -0.00132. The number of nitrogens with one attached hydrogen (secondary N) is 1. The number of ether oxygens (including phenoxy) is 3. The van der Waals surface area contributed by atoms with Crippen LogP contribution in [0.4, 0.5) is 11.4 Å². The predicted molar refractivity (Wildman–Crippen MR) is 119 cm³/mol. The van der Waals surface area contributed by atoms with E-state index in [0.717, 1.165) is 49.0 Å². The Balaban J connectivity index is 1.47. The third kappa shape index (κ3) is 5.87. The van der Waals surface area contributed by atoms with Crippen molar-refractivity contribution in [1.29, 1.82) is 0 Å². The van der Waals surface area contributed by atoms with Crippen molar-refractivity contribution in [3.63, 3.8) is 0 Å². The Bertz CT molecular complexity index is 820. The summed E-state index contributed by atoms with van der Waals surface area (Å²) in [5.41, 5.74) is 3.00. The van der Waals surface area contributed by atoms with Gasteiger partial charge in [0.25, 0.3) is 0 Å². The molecule has 0 radical (unpaired) electrons. The molecule has 1 N–H and O–H groups in total. The van der Waals surface area contributed by atoms with Crippen molar-refractivity contribution in [2.75, 3.05) is 64.3 Å². The Kier molecular flexibility index (Phi) is 7.93. The summed E-state index contributed by atoms with van der Waals surface area (Å²) in [4.78, 5) is 16.8. The minimum absolute atomic E-state index is 0.00132. The number of para-hydroxylation sites is 1. The summed E-state index contributed by atoms with van der Waals surface area (Å²) in [6.45, 7) is 4.62. The number of methoxy groups -OCH3 is 2. The summed E-state index contributed by atoms with van der Waals surface area (Å²) in [6, 6.07) is 13.8. The molecule has 3 rings (SSSR count). The summed E-state index contributed by atoms with van der Waals surface area (Å²) < 4.78 is 16.2. The lowest BCUT2D eigenvalue weighted by atomic mass is 10.1. The van der Waals surface area contributed by atoms with Gasteiger partial charge in [-0.3, -0.25) is 4.79 Å². The maximum atomic E-state index is 12.4. The quantitative estimate of drug-likeness (QED) is 0.682. The highest BCUT2D eigenvalue weighted by atomic mass is 16.5. The third-order valence-electron chi connectivity index (χ3n) is 5.17. The molecule has 0 spiro atoms. The summed E-state index contributed by atoms with van der Waals surface area (Å²) in [6.07, 6.45) is 0.411. The first kappa shape index (κ1) is 21.9. The molecule has 1 amide bonds. The lowest BCUT2D eigenvalue weighted by molar-refractivity contribution is -0.116. The predicted octanol–water partition coefficient (Wildman–Crippen LogP) is 3.00. The monoisotopic (exact) mass is 413 g/mol. The van der Waals surface area contributed by atoms with Crippen molar-refractivity contribution >= 4 is 17.3 Å². The van der Waals surface area contributed by atoms with E-state index in [2.05, 4.69) is 15.1 Å². The molecule has 0 unspecified atom stereocenters. The molecule has 0 saturated carbocycles. The maximum absolute atomic E-state index is 12.4. The molecule has 162 valence electrons. The number of benzene rings is 2. The van der Waals surface area contributed by atoms with Gasteiger partial charge in [0, 0.05) is 49.5 Å². The number of carbonyl (C=O) groups excluding carboxylic acids is 1. The van der Waals surface area contributed by atoms with E-state index in [4.69, 9.17) is 14.2 Å². The van der Waals surface area contributed by atoms with Crippen LogP contribution in [0.2, 0.25) is 0 Å². The van der Waals surface area contributed by atoms with Crippen LogP contribution in [0.3, 0.4) is 0 Å². The molecular formula is C23H31N3O4. The number of carbonyl (C=O) groups is 1. The average molecular weight is 414 g/mol. The van der Waals surface area contributed by atoms with Gasteiger partial charge in [-0.2, -0.15) is 0 Å². The second kappa shape index (κ2) is 10.8. The Morgan fingerprint density at radius 2 is 1.83 bits per heavy atom. The number of rotatable bonds is 9. The van der Waals surface area contributed by atoms with Crippen molar-refractivity contribution in [3.8, 4) is 11.5 Å². The van der Waals surface area contributed by atoms with Gasteiger partial charge in [0.15, 0.2) is 11.5 Å². The van der Waals surface area contributed by atoms with Crippen LogP contribution in [0.1, 0.15) is 12.0 Å². The Morgan fingerprint density at radius 1 is 1.10 bits per heavy atom. The maximum Gasteiger partial charge on any atom is 0.225 e. The van der Waals surface area contributed by atoms with Crippen LogP contribution in [0.25, 0.3) is 0 Å². The van der Waals surface area contributed by atoms with Crippen molar-refractivity contribution in [3.05, 3.63) is 48.0 Å². The number of anilines is 2. The Hall–Kier alpha value is -2.77. The SMILES string of the molecule is COc1cccc(CN(C)CCC(=O)Nc2ccc(N3CCOCC3)cc2)c1OC. The second-order valence-electron chi connectivity index (χ2n) is 7.33. The molecule has 30 heavy (non-hydrogen) atoms. The van der Waals surface area contributed by atoms with E-state index < -0.39 is 0 Å². The van der Waals surface area contributed by atoms with Crippen molar-refractivity contribution in [2.24, 2.45) is 0 Å². The highest BCUT2D eigenvalue weighted by Gasteiger charge is 2.13. The first-order valence-corrected chi connectivity index (χ1v) is 10.2. The average Bonchev–Trinajstić information content (AvgIpc) is 2.78. The number of hydrogen-bond donors (Lipinski definition) is 1. The topological polar surface area (TPSA) is 63.3 Å². The Labute approximate surface area is 178 Å². The molecule has 1 saturated heterocycles. The molecule has 1 heterocycles. The van der Waals surface area contributed by atoms with Gasteiger partial charge in [-0.1, -0.05) is 12.1 Å². The first-order chi connectivity index (χ1) is 14.6.